The summed E-state index contributed by atoms with van der Waals surface area (Å²) < 4.78 is 5.80. The summed E-state index contributed by atoms with van der Waals surface area (Å²) in [5.74, 6) is 0. The summed E-state index contributed by atoms with van der Waals surface area (Å²) in [4.78, 5) is 4.65. The van der Waals surface area contributed by atoms with E-state index in [1.165, 1.54) is 0 Å². The van der Waals surface area contributed by atoms with Gasteiger partial charge < -0.3 is 15.3 Å². The Hall–Kier alpha value is -2.59. The fourth-order valence-corrected chi connectivity index (χ4v) is 2.37. The minimum absolute atomic E-state index is 0.319. The molecular weight excluding hydrogens is 276 g/mol. The third kappa shape index (κ3) is 2.38. The van der Waals surface area contributed by atoms with Crippen molar-refractivity contribution in [3.63, 3.8) is 0 Å². The van der Waals surface area contributed by atoms with Crippen molar-refractivity contribution in [2.75, 3.05) is 12.3 Å². The highest BCUT2D eigenvalue weighted by Gasteiger charge is 2.13. The lowest BCUT2D eigenvalue weighted by Crippen LogP contribution is -1.90. The van der Waals surface area contributed by atoms with Crippen molar-refractivity contribution < 1.29 is 9.52 Å². The molecule has 0 saturated carbocycles. The van der Waals surface area contributed by atoms with Crippen LogP contribution in [0.1, 0.15) is 13.3 Å². The lowest BCUT2D eigenvalue weighted by Gasteiger charge is -2.01. The van der Waals surface area contributed by atoms with Crippen LogP contribution in [0, 0.1) is 0 Å². The van der Waals surface area contributed by atoms with Crippen LogP contribution in [0.2, 0.25) is 0 Å². The summed E-state index contributed by atoms with van der Waals surface area (Å²) in [6.07, 6.45) is 0.875. The zero-order valence-corrected chi connectivity index (χ0v) is 12.4. The molecule has 0 aliphatic heterocycles. The molecule has 4 nitrogen and oxygen atoms in total. The number of aliphatic hydroxyl groups is 1. The summed E-state index contributed by atoms with van der Waals surface area (Å²) in [5.41, 5.74) is 10.1. The van der Waals surface area contributed by atoms with Crippen LogP contribution in [-0.4, -0.2) is 16.7 Å². The van der Waals surface area contributed by atoms with Crippen molar-refractivity contribution in [1.82, 2.24) is 4.98 Å². The van der Waals surface area contributed by atoms with Crippen molar-refractivity contribution in [3.8, 4) is 0 Å². The maximum absolute atomic E-state index is 7.88. The molecule has 0 radical (unpaired) electrons. The normalized spacial score (nSPS) is 10.8. The number of anilines is 1. The number of aliphatic hydroxyl groups excluding tert-OH is 1. The Balaban J connectivity index is 0.000000325. The Bertz CT molecular complexity index is 926. The first-order valence-corrected chi connectivity index (χ1v) is 7.32. The molecule has 0 saturated heterocycles. The quantitative estimate of drug-likeness (QED) is 0.554. The molecule has 0 atom stereocenters. The molecule has 0 amide bonds. The van der Waals surface area contributed by atoms with Crippen LogP contribution in [0.15, 0.2) is 52.9 Å². The number of fused-ring (bicyclic) bond motifs is 4. The van der Waals surface area contributed by atoms with Crippen LogP contribution >= 0.6 is 0 Å². The van der Waals surface area contributed by atoms with Gasteiger partial charge in [-0.3, -0.25) is 0 Å². The average molecular weight is 294 g/mol. The van der Waals surface area contributed by atoms with E-state index in [-0.39, 0.29) is 0 Å². The van der Waals surface area contributed by atoms with E-state index >= 15 is 0 Å². The van der Waals surface area contributed by atoms with Crippen LogP contribution in [0.25, 0.3) is 33.0 Å². The Morgan fingerprint density at radius 1 is 1.05 bits per heavy atom. The van der Waals surface area contributed by atoms with Crippen LogP contribution in [-0.2, 0) is 0 Å². The Morgan fingerprint density at radius 3 is 2.41 bits per heavy atom. The second-order valence-electron chi connectivity index (χ2n) is 5.04. The smallest absolute Gasteiger partial charge is 0.177 e. The van der Waals surface area contributed by atoms with E-state index in [0.717, 1.165) is 33.8 Å². The molecule has 4 aromatic rings. The molecule has 0 aliphatic rings. The molecule has 0 unspecified atom stereocenters. The summed E-state index contributed by atoms with van der Waals surface area (Å²) >= 11 is 0. The van der Waals surface area contributed by atoms with Gasteiger partial charge in [0, 0.05) is 17.4 Å². The topological polar surface area (TPSA) is 72.3 Å². The highest BCUT2D eigenvalue weighted by atomic mass is 16.3. The molecule has 4 rings (SSSR count). The largest absolute Gasteiger partial charge is 0.452 e. The van der Waals surface area contributed by atoms with Gasteiger partial charge in [-0.2, -0.15) is 0 Å². The lowest BCUT2D eigenvalue weighted by molar-refractivity contribution is 0.295. The number of aromatic nitrogens is 1. The number of para-hydroxylation sites is 2. The summed E-state index contributed by atoms with van der Waals surface area (Å²) in [6, 6.07) is 15.7. The van der Waals surface area contributed by atoms with Crippen molar-refractivity contribution in [2.45, 2.75) is 13.3 Å². The minimum Gasteiger partial charge on any atom is -0.452 e. The van der Waals surface area contributed by atoms with E-state index in [1.807, 2.05) is 55.5 Å². The van der Waals surface area contributed by atoms with Gasteiger partial charge in [-0.05, 0) is 24.6 Å². The van der Waals surface area contributed by atoms with Gasteiger partial charge in [0.15, 0.2) is 5.58 Å². The minimum atomic E-state index is 0.319. The van der Waals surface area contributed by atoms with Crippen LogP contribution in [0.5, 0.6) is 0 Å². The maximum atomic E-state index is 7.88. The molecule has 0 bridgehead atoms. The molecule has 0 aliphatic carbocycles. The van der Waals surface area contributed by atoms with Gasteiger partial charge in [-0.25, -0.2) is 4.98 Å². The number of furan rings is 1. The second-order valence-corrected chi connectivity index (χ2v) is 5.04. The predicted molar refractivity (Wildman–Crippen MR) is 90.8 cm³/mol. The van der Waals surface area contributed by atoms with E-state index in [4.69, 9.17) is 15.3 Å². The van der Waals surface area contributed by atoms with Crippen molar-refractivity contribution in [2.24, 2.45) is 0 Å². The van der Waals surface area contributed by atoms with Crippen molar-refractivity contribution >= 4 is 38.7 Å². The Morgan fingerprint density at radius 2 is 1.68 bits per heavy atom. The first-order chi connectivity index (χ1) is 10.8. The number of rotatable bonds is 1. The van der Waals surface area contributed by atoms with Gasteiger partial charge in [0.25, 0.3) is 0 Å². The molecule has 0 spiro atoms. The standard InChI is InChI=1S/C15H10N2O.C3H8O/c16-13-9-5-1-3-7-11(9)17-14-10-6-2-4-8-12(10)18-15(13)14;1-2-3-4/h1-8H,(H2,16,17);4H,2-3H2,1H3. The number of nitrogen functional groups attached to an aromatic ring is 1. The summed E-state index contributed by atoms with van der Waals surface area (Å²) in [6.45, 7) is 2.25. The van der Waals surface area contributed by atoms with Gasteiger partial charge in [0.2, 0.25) is 0 Å². The number of benzene rings is 2. The molecule has 2 aromatic carbocycles. The van der Waals surface area contributed by atoms with Gasteiger partial charge in [0.1, 0.15) is 11.1 Å². The third-order valence-electron chi connectivity index (χ3n) is 3.46. The SMILES string of the molecule is CCCO.Nc1c2ccccc2nc2c1oc1ccccc12. The number of nitrogens with two attached hydrogens (primary N) is 1. The van der Waals surface area contributed by atoms with Gasteiger partial charge in [-0.15, -0.1) is 0 Å². The van der Waals surface area contributed by atoms with Crippen LogP contribution in [0.4, 0.5) is 5.69 Å². The lowest BCUT2D eigenvalue weighted by atomic mass is 10.1. The summed E-state index contributed by atoms with van der Waals surface area (Å²) in [5, 5.41) is 9.81. The number of pyridine rings is 1. The van der Waals surface area contributed by atoms with Crippen molar-refractivity contribution in [1.29, 1.82) is 0 Å². The molecule has 22 heavy (non-hydrogen) atoms. The van der Waals surface area contributed by atoms with E-state index in [0.29, 0.717) is 17.9 Å². The summed E-state index contributed by atoms with van der Waals surface area (Å²) in [7, 11) is 0. The van der Waals surface area contributed by atoms with Gasteiger partial charge in [-0.1, -0.05) is 37.3 Å². The molecular formula is C18H18N2O2. The number of nitrogens with zero attached hydrogens (tertiary/aromatic N) is 1. The van der Waals surface area contributed by atoms with E-state index < -0.39 is 0 Å². The fraction of sp³-hybridized carbons (Fsp3) is 0.167. The highest BCUT2D eigenvalue weighted by Crippen LogP contribution is 2.34. The Labute approximate surface area is 128 Å². The van der Waals surface area contributed by atoms with Crippen molar-refractivity contribution in [3.05, 3.63) is 48.5 Å². The molecule has 2 heterocycles. The molecule has 112 valence electrons. The number of hydrogen-bond acceptors (Lipinski definition) is 4. The molecule has 3 N–H and O–H groups in total. The zero-order chi connectivity index (χ0) is 15.5. The fourth-order valence-electron chi connectivity index (χ4n) is 2.37. The van der Waals surface area contributed by atoms with Crippen LogP contribution in [0.3, 0.4) is 0 Å². The average Bonchev–Trinajstić information content (AvgIpc) is 2.95. The second kappa shape index (κ2) is 6.03. The van der Waals surface area contributed by atoms with E-state index in [1.54, 1.807) is 0 Å². The first-order valence-electron chi connectivity index (χ1n) is 7.32. The van der Waals surface area contributed by atoms with Crippen LogP contribution < -0.4 is 5.73 Å². The monoisotopic (exact) mass is 294 g/mol. The first kappa shape index (κ1) is 14.4. The number of hydrogen-bond donors (Lipinski definition) is 2. The molecule has 2 aromatic heterocycles. The molecule has 0 fully saturated rings. The van der Waals surface area contributed by atoms with E-state index in [2.05, 4.69) is 4.98 Å². The molecule has 4 heteroatoms. The maximum Gasteiger partial charge on any atom is 0.177 e. The van der Waals surface area contributed by atoms with Gasteiger partial charge in [0.05, 0.1) is 11.2 Å². The zero-order valence-electron chi connectivity index (χ0n) is 12.4. The highest BCUT2D eigenvalue weighted by molar-refractivity contribution is 6.12. The predicted octanol–water partition coefficient (Wildman–Crippen LogP) is 4.11. The van der Waals surface area contributed by atoms with E-state index in [9.17, 15) is 0 Å². The van der Waals surface area contributed by atoms with Gasteiger partial charge >= 0.3 is 0 Å². The Kier molecular flexibility index (Phi) is 3.94. The third-order valence-corrected chi connectivity index (χ3v) is 3.46.